The maximum Gasteiger partial charge on any atom is 0.231 e. The van der Waals surface area contributed by atoms with Crippen LogP contribution in [0.15, 0.2) is 36.4 Å². The van der Waals surface area contributed by atoms with Gasteiger partial charge in [0.15, 0.2) is 11.5 Å². The standard InChI is InChI=1S/C21H24FNO4/c1-24-19-10-21-20(26-14-27-21)9-16(19)12-23(13-18-3-2-8-25-18)11-15-4-6-17(22)7-5-15/h4-7,9-10,18H,2-3,8,11-14H2,1H3/t18-/m0/s1. The van der Waals surface area contributed by atoms with Crippen LogP contribution >= 0.6 is 0 Å². The Labute approximate surface area is 158 Å². The second-order valence-corrected chi connectivity index (χ2v) is 6.95. The Kier molecular flexibility index (Phi) is 5.45. The molecule has 27 heavy (non-hydrogen) atoms. The van der Waals surface area contributed by atoms with E-state index in [1.165, 1.54) is 12.1 Å². The van der Waals surface area contributed by atoms with Gasteiger partial charge >= 0.3 is 0 Å². The first-order valence-electron chi connectivity index (χ1n) is 9.26. The van der Waals surface area contributed by atoms with E-state index in [4.69, 9.17) is 18.9 Å². The molecule has 2 heterocycles. The molecule has 2 aromatic carbocycles. The summed E-state index contributed by atoms with van der Waals surface area (Å²) in [7, 11) is 1.66. The summed E-state index contributed by atoms with van der Waals surface area (Å²) in [6.07, 6.45) is 2.39. The van der Waals surface area contributed by atoms with E-state index >= 15 is 0 Å². The molecule has 144 valence electrons. The number of halogens is 1. The van der Waals surface area contributed by atoms with Crippen LogP contribution in [-0.4, -0.2) is 38.1 Å². The monoisotopic (exact) mass is 373 g/mol. The minimum atomic E-state index is -0.220. The van der Waals surface area contributed by atoms with Gasteiger partial charge in [0.2, 0.25) is 6.79 Å². The Morgan fingerprint density at radius 3 is 2.59 bits per heavy atom. The molecule has 6 heteroatoms. The summed E-state index contributed by atoms with van der Waals surface area (Å²) in [6, 6.07) is 10.5. The van der Waals surface area contributed by atoms with Gasteiger partial charge in [-0.3, -0.25) is 4.90 Å². The molecule has 0 spiro atoms. The lowest BCUT2D eigenvalue weighted by atomic mass is 10.1. The zero-order valence-corrected chi connectivity index (χ0v) is 15.4. The van der Waals surface area contributed by atoms with E-state index in [-0.39, 0.29) is 18.7 Å². The van der Waals surface area contributed by atoms with Crippen LogP contribution in [0.2, 0.25) is 0 Å². The Morgan fingerprint density at radius 2 is 1.89 bits per heavy atom. The summed E-state index contributed by atoms with van der Waals surface area (Å²) in [5.74, 6) is 2.00. The number of ether oxygens (including phenoxy) is 4. The molecule has 0 aliphatic carbocycles. The van der Waals surface area contributed by atoms with Gasteiger partial charge < -0.3 is 18.9 Å². The zero-order chi connectivity index (χ0) is 18.6. The van der Waals surface area contributed by atoms with Crippen LogP contribution in [0.5, 0.6) is 17.2 Å². The third-order valence-electron chi connectivity index (χ3n) is 4.97. The van der Waals surface area contributed by atoms with E-state index in [1.54, 1.807) is 7.11 Å². The molecule has 2 aromatic rings. The van der Waals surface area contributed by atoms with Crippen LogP contribution in [0, 0.1) is 5.82 Å². The van der Waals surface area contributed by atoms with E-state index in [9.17, 15) is 4.39 Å². The van der Waals surface area contributed by atoms with Gasteiger partial charge in [0, 0.05) is 37.9 Å². The molecular weight excluding hydrogens is 349 g/mol. The summed E-state index contributed by atoms with van der Waals surface area (Å²) < 4.78 is 35.6. The largest absolute Gasteiger partial charge is 0.496 e. The predicted octanol–water partition coefficient (Wildman–Crippen LogP) is 3.74. The number of nitrogens with zero attached hydrogens (tertiary/aromatic N) is 1. The molecular formula is C21H24FNO4. The van der Waals surface area contributed by atoms with Crippen LogP contribution in [0.1, 0.15) is 24.0 Å². The van der Waals surface area contributed by atoms with E-state index < -0.39 is 0 Å². The fraction of sp³-hybridized carbons (Fsp3) is 0.429. The SMILES string of the molecule is COc1cc2c(cc1CN(Cc1ccc(F)cc1)C[C@@H]1CCCO1)OCO2. The molecule has 0 unspecified atom stereocenters. The Bertz CT molecular complexity index is 774. The first-order chi connectivity index (χ1) is 13.2. The van der Waals surface area contributed by atoms with Gasteiger partial charge in [-0.1, -0.05) is 12.1 Å². The van der Waals surface area contributed by atoms with Crippen LogP contribution in [0.4, 0.5) is 4.39 Å². The van der Waals surface area contributed by atoms with E-state index in [0.717, 1.165) is 48.6 Å². The lowest BCUT2D eigenvalue weighted by molar-refractivity contribution is 0.0676. The molecule has 1 atom stereocenters. The minimum absolute atomic E-state index is 0.220. The molecule has 0 saturated carbocycles. The molecule has 0 aromatic heterocycles. The average Bonchev–Trinajstić information content (AvgIpc) is 3.34. The van der Waals surface area contributed by atoms with Crippen molar-refractivity contribution in [2.45, 2.75) is 32.0 Å². The molecule has 1 fully saturated rings. The molecule has 0 bridgehead atoms. The van der Waals surface area contributed by atoms with Crippen LogP contribution in [0.3, 0.4) is 0 Å². The predicted molar refractivity (Wildman–Crippen MR) is 98.6 cm³/mol. The molecule has 0 amide bonds. The lowest BCUT2D eigenvalue weighted by Gasteiger charge is -2.26. The summed E-state index contributed by atoms with van der Waals surface area (Å²) in [5.41, 5.74) is 2.09. The smallest absolute Gasteiger partial charge is 0.231 e. The van der Waals surface area contributed by atoms with Crippen molar-refractivity contribution in [3.63, 3.8) is 0 Å². The van der Waals surface area contributed by atoms with Gasteiger partial charge in [0.05, 0.1) is 13.2 Å². The van der Waals surface area contributed by atoms with Crippen molar-refractivity contribution in [1.82, 2.24) is 4.90 Å². The van der Waals surface area contributed by atoms with E-state index in [2.05, 4.69) is 4.90 Å². The number of fused-ring (bicyclic) bond motifs is 1. The van der Waals surface area contributed by atoms with Crippen molar-refractivity contribution in [3.05, 3.63) is 53.3 Å². The van der Waals surface area contributed by atoms with Gasteiger partial charge in [0.25, 0.3) is 0 Å². The second-order valence-electron chi connectivity index (χ2n) is 6.95. The van der Waals surface area contributed by atoms with Gasteiger partial charge in [-0.25, -0.2) is 4.39 Å². The number of rotatable bonds is 7. The fourth-order valence-corrected chi connectivity index (χ4v) is 3.63. The minimum Gasteiger partial charge on any atom is -0.496 e. The second kappa shape index (κ2) is 8.15. The Balaban J connectivity index is 1.55. The van der Waals surface area contributed by atoms with E-state index in [1.807, 2.05) is 24.3 Å². The average molecular weight is 373 g/mol. The van der Waals surface area contributed by atoms with E-state index in [0.29, 0.717) is 18.8 Å². The van der Waals surface area contributed by atoms with Crippen molar-refractivity contribution in [1.29, 1.82) is 0 Å². The number of methoxy groups -OCH3 is 1. The molecule has 4 rings (SSSR count). The topological polar surface area (TPSA) is 40.2 Å². The van der Waals surface area contributed by atoms with Crippen molar-refractivity contribution in [2.24, 2.45) is 0 Å². The third kappa shape index (κ3) is 4.34. The molecule has 0 N–H and O–H groups in total. The maximum absolute atomic E-state index is 13.2. The fourth-order valence-electron chi connectivity index (χ4n) is 3.63. The van der Waals surface area contributed by atoms with Crippen molar-refractivity contribution in [3.8, 4) is 17.2 Å². The third-order valence-corrected chi connectivity index (χ3v) is 4.97. The number of hydrogen-bond acceptors (Lipinski definition) is 5. The maximum atomic E-state index is 13.2. The number of benzene rings is 2. The molecule has 2 aliphatic rings. The summed E-state index contributed by atoms with van der Waals surface area (Å²) in [4.78, 5) is 2.31. The van der Waals surface area contributed by atoms with Crippen LogP contribution in [-0.2, 0) is 17.8 Å². The van der Waals surface area contributed by atoms with Gasteiger partial charge in [-0.15, -0.1) is 0 Å². The highest BCUT2D eigenvalue weighted by Crippen LogP contribution is 2.38. The van der Waals surface area contributed by atoms with Crippen molar-refractivity contribution >= 4 is 0 Å². The normalized spacial score (nSPS) is 18.3. The lowest BCUT2D eigenvalue weighted by Crippen LogP contribution is -2.31. The quantitative estimate of drug-likeness (QED) is 0.739. The summed E-state index contributed by atoms with van der Waals surface area (Å²) in [5, 5.41) is 0. The highest BCUT2D eigenvalue weighted by Gasteiger charge is 2.23. The first kappa shape index (κ1) is 18.1. The number of hydrogen-bond donors (Lipinski definition) is 0. The zero-order valence-electron chi connectivity index (χ0n) is 15.4. The molecule has 0 radical (unpaired) electrons. The Morgan fingerprint density at radius 1 is 1.11 bits per heavy atom. The van der Waals surface area contributed by atoms with Crippen molar-refractivity contribution < 1.29 is 23.3 Å². The van der Waals surface area contributed by atoms with Crippen molar-refractivity contribution in [2.75, 3.05) is 27.1 Å². The highest BCUT2D eigenvalue weighted by molar-refractivity contribution is 5.51. The Hall–Kier alpha value is -2.31. The molecule has 2 aliphatic heterocycles. The molecule has 1 saturated heterocycles. The first-order valence-corrected chi connectivity index (χ1v) is 9.26. The molecule has 5 nitrogen and oxygen atoms in total. The van der Waals surface area contributed by atoms with Gasteiger partial charge in [-0.05, 0) is 36.6 Å². The van der Waals surface area contributed by atoms with Gasteiger partial charge in [-0.2, -0.15) is 0 Å². The van der Waals surface area contributed by atoms with Gasteiger partial charge in [0.1, 0.15) is 11.6 Å². The van der Waals surface area contributed by atoms with Crippen LogP contribution < -0.4 is 14.2 Å². The summed E-state index contributed by atoms with van der Waals surface area (Å²) >= 11 is 0. The van der Waals surface area contributed by atoms with Crippen LogP contribution in [0.25, 0.3) is 0 Å². The summed E-state index contributed by atoms with van der Waals surface area (Å²) in [6.45, 7) is 3.25. The highest BCUT2D eigenvalue weighted by atomic mass is 19.1.